The summed E-state index contributed by atoms with van der Waals surface area (Å²) < 4.78 is 0. The zero-order chi connectivity index (χ0) is 10.4. The Hall–Kier alpha value is -0.780. The Labute approximate surface area is 86.6 Å². The summed E-state index contributed by atoms with van der Waals surface area (Å²) in [5, 5.41) is 9.76. The Morgan fingerprint density at radius 3 is 2.86 bits per heavy atom. The van der Waals surface area contributed by atoms with Gasteiger partial charge < -0.3 is 5.11 Å². The number of hydrogen-bond acceptors (Lipinski definition) is 2. The van der Waals surface area contributed by atoms with Gasteiger partial charge in [0.25, 0.3) is 0 Å². The Balaban J connectivity index is 2.35. The highest BCUT2D eigenvalue weighted by Crippen LogP contribution is 2.21. The average Bonchev–Trinajstić information content (AvgIpc) is 2.18. The molecule has 0 heterocycles. The lowest BCUT2D eigenvalue weighted by Gasteiger charge is -2.19. The average molecular weight is 193 g/mol. The number of allylic oxidation sites excluding steroid dienone is 2. The smallest absolute Gasteiger partial charge is 0.117 e. The van der Waals surface area contributed by atoms with E-state index in [0.717, 1.165) is 25.8 Å². The molecule has 1 rings (SSSR count). The van der Waals surface area contributed by atoms with Gasteiger partial charge in [0, 0.05) is 0 Å². The quantitative estimate of drug-likeness (QED) is 0.527. The summed E-state index contributed by atoms with van der Waals surface area (Å²) in [6.07, 6.45) is 6.99. The number of aliphatic hydroxyl groups excluding tert-OH is 1. The number of rotatable bonds is 2. The standard InChI is InChI=1S/C12H19NO/c1-13(2)10-6-9-12(14)11-7-4-3-5-8-11/h3-4,11-12,14H,5,7-8,10H2,1-2H3/t11-,12+/m0/s1. The van der Waals surface area contributed by atoms with Gasteiger partial charge in [-0.25, -0.2) is 0 Å². The van der Waals surface area contributed by atoms with Crippen molar-refractivity contribution in [3.63, 3.8) is 0 Å². The first-order valence-corrected chi connectivity index (χ1v) is 5.16. The predicted octanol–water partition coefficient (Wildman–Crippen LogP) is 1.27. The lowest BCUT2D eigenvalue weighted by molar-refractivity contribution is 0.154. The van der Waals surface area contributed by atoms with E-state index in [1.165, 1.54) is 0 Å². The fourth-order valence-corrected chi connectivity index (χ4v) is 1.53. The van der Waals surface area contributed by atoms with Gasteiger partial charge in [0.2, 0.25) is 0 Å². The van der Waals surface area contributed by atoms with Crippen LogP contribution >= 0.6 is 0 Å². The lowest BCUT2D eigenvalue weighted by Crippen LogP contribution is -2.20. The van der Waals surface area contributed by atoms with E-state index in [4.69, 9.17) is 0 Å². The summed E-state index contributed by atoms with van der Waals surface area (Å²) in [4.78, 5) is 2.00. The van der Waals surface area contributed by atoms with E-state index >= 15 is 0 Å². The molecule has 0 saturated heterocycles. The molecule has 78 valence electrons. The van der Waals surface area contributed by atoms with Crippen molar-refractivity contribution in [2.75, 3.05) is 20.6 Å². The maximum atomic E-state index is 9.76. The normalized spacial score (nSPS) is 23.0. The SMILES string of the molecule is CN(C)CC#C[C@@H](O)[C@H]1CC=CCC1. The van der Waals surface area contributed by atoms with Crippen LogP contribution in [0.15, 0.2) is 12.2 Å². The first-order chi connectivity index (χ1) is 6.70. The van der Waals surface area contributed by atoms with Gasteiger partial charge in [0.05, 0.1) is 6.54 Å². The highest BCUT2D eigenvalue weighted by molar-refractivity contribution is 5.09. The third kappa shape index (κ3) is 3.95. The minimum atomic E-state index is -0.445. The molecule has 2 atom stereocenters. The molecule has 0 spiro atoms. The summed E-state index contributed by atoms with van der Waals surface area (Å²) in [6.45, 7) is 0.722. The van der Waals surface area contributed by atoms with Crippen LogP contribution in [-0.2, 0) is 0 Å². The highest BCUT2D eigenvalue weighted by atomic mass is 16.3. The molecule has 0 fully saturated rings. The molecule has 0 amide bonds. The molecule has 0 aromatic carbocycles. The van der Waals surface area contributed by atoms with E-state index in [1.54, 1.807) is 0 Å². The Morgan fingerprint density at radius 2 is 2.29 bits per heavy atom. The molecule has 2 heteroatoms. The van der Waals surface area contributed by atoms with E-state index in [0.29, 0.717) is 5.92 Å². The van der Waals surface area contributed by atoms with E-state index < -0.39 is 6.10 Å². The summed E-state index contributed by atoms with van der Waals surface area (Å²) >= 11 is 0. The first-order valence-electron chi connectivity index (χ1n) is 5.16. The summed E-state index contributed by atoms with van der Waals surface area (Å²) in [7, 11) is 3.95. The van der Waals surface area contributed by atoms with Crippen molar-refractivity contribution in [2.24, 2.45) is 5.92 Å². The molecule has 0 aromatic heterocycles. The minimum absolute atomic E-state index is 0.342. The van der Waals surface area contributed by atoms with Crippen molar-refractivity contribution in [3.8, 4) is 11.8 Å². The van der Waals surface area contributed by atoms with Crippen molar-refractivity contribution < 1.29 is 5.11 Å². The number of aliphatic hydroxyl groups is 1. The third-order valence-electron chi connectivity index (χ3n) is 2.40. The molecule has 2 nitrogen and oxygen atoms in total. The zero-order valence-corrected chi connectivity index (χ0v) is 9.03. The van der Waals surface area contributed by atoms with Crippen LogP contribution in [0.4, 0.5) is 0 Å². The van der Waals surface area contributed by atoms with Gasteiger partial charge in [-0.3, -0.25) is 4.90 Å². The summed E-state index contributed by atoms with van der Waals surface area (Å²) in [5.41, 5.74) is 0. The van der Waals surface area contributed by atoms with Crippen LogP contribution in [-0.4, -0.2) is 36.8 Å². The molecular weight excluding hydrogens is 174 g/mol. The molecule has 0 radical (unpaired) electrons. The first kappa shape index (κ1) is 11.3. The Kier molecular flexibility index (Phi) is 4.72. The number of nitrogens with zero attached hydrogens (tertiary/aromatic N) is 1. The van der Waals surface area contributed by atoms with Gasteiger partial charge in [0.1, 0.15) is 6.10 Å². The van der Waals surface area contributed by atoms with Crippen LogP contribution in [0.5, 0.6) is 0 Å². The molecule has 1 N–H and O–H groups in total. The largest absolute Gasteiger partial charge is 0.380 e. The molecule has 14 heavy (non-hydrogen) atoms. The summed E-state index contributed by atoms with van der Waals surface area (Å²) in [5.74, 6) is 6.24. The molecule has 0 bridgehead atoms. The molecule has 0 unspecified atom stereocenters. The van der Waals surface area contributed by atoms with Gasteiger partial charge in [-0.1, -0.05) is 24.0 Å². The van der Waals surface area contributed by atoms with Gasteiger partial charge in [-0.05, 0) is 39.3 Å². The molecule has 0 aliphatic heterocycles. The predicted molar refractivity (Wildman–Crippen MR) is 58.8 cm³/mol. The fourth-order valence-electron chi connectivity index (χ4n) is 1.53. The van der Waals surface area contributed by atoms with Crippen LogP contribution in [0.2, 0.25) is 0 Å². The van der Waals surface area contributed by atoms with Gasteiger partial charge in [0.15, 0.2) is 0 Å². The van der Waals surface area contributed by atoms with E-state index in [1.807, 2.05) is 19.0 Å². The van der Waals surface area contributed by atoms with E-state index in [2.05, 4.69) is 24.0 Å². The summed E-state index contributed by atoms with van der Waals surface area (Å²) in [6, 6.07) is 0. The second-order valence-electron chi connectivity index (χ2n) is 4.05. The lowest BCUT2D eigenvalue weighted by atomic mass is 9.90. The molecule has 1 aliphatic rings. The fraction of sp³-hybridized carbons (Fsp3) is 0.667. The second-order valence-corrected chi connectivity index (χ2v) is 4.05. The van der Waals surface area contributed by atoms with E-state index in [9.17, 15) is 5.11 Å². The Bertz CT molecular complexity index is 247. The number of hydrogen-bond donors (Lipinski definition) is 1. The minimum Gasteiger partial charge on any atom is -0.380 e. The van der Waals surface area contributed by atoms with Crippen LogP contribution in [0, 0.1) is 17.8 Å². The monoisotopic (exact) mass is 193 g/mol. The van der Waals surface area contributed by atoms with Crippen molar-refractivity contribution in [1.82, 2.24) is 4.90 Å². The zero-order valence-electron chi connectivity index (χ0n) is 9.03. The van der Waals surface area contributed by atoms with Crippen LogP contribution in [0.25, 0.3) is 0 Å². The van der Waals surface area contributed by atoms with Gasteiger partial charge in [-0.2, -0.15) is 0 Å². The van der Waals surface area contributed by atoms with Gasteiger partial charge in [-0.15, -0.1) is 0 Å². The van der Waals surface area contributed by atoms with Gasteiger partial charge >= 0.3 is 0 Å². The Morgan fingerprint density at radius 1 is 1.50 bits per heavy atom. The van der Waals surface area contributed by atoms with E-state index in [-0.39, 0.29) is 0 Å². The third-order valence-corrected chi connectivity index (χ3v) is 2.40. The van der Waals surface area contributed by atoms with Crippen molar-refractivity contribution in [1.29, 1.82) is 0 Å². The molecule has 0 saturated carbocycles. The van der Waals surface area contributed by atoms with Crippen molar-refractivity contribution in [3.05, 3.63) is 12.2 Å². The molecule has 1 aliphatic carbocycles. The molecule has 0 aromatic rings. The second kappa shape index (κ2) is 5.85. The topological polar surface area (TPSA) is 23.5 Å². The van der Waals surface area contributed by atoms with Crippen LogP contribution in [0.1, 0.15) is 19.3 Å². The molecular formula is C12H19NO. The maximum Gasteiger partial charge on any atom is 0.117 e. The van der Waals surface area contributed by atoms with Crippen LogP contribution < -0.4 is 0 Å². The highest BCUT2D eigenvalue weighted by Gasteiger charge is 2.16. The van der Waals surface area contributed by atoms with Crippen molar-refractivity contribution in [2.45, 2.75) is 25.4 Å². The maximum absolute atomic E-state index is 9.76. The van der Waals surface area contributed by atoms with Crippen molar-refractivity contribution >= 4 is 0 Å². The van der Waals surface area contributed by atoms with Crippen LogP contribution in [0.3, 0.4) is 0 Å².